The van der Waals surface area contributed by atoms with E-state index in [2.05, 4.69) is 36.6 Å². The van der Waals surface area contributed by atoms with Gasteiger partial charge in [0.25, 0.3) is 0 Å². The van der Waals surface area contributed by atoms with E-state index in [1.807, 2.05) is 36.4 Å². The van der Waals surface area contributed by atoms with Crippen LogP contribution in [0.1, 0.15) is 5.56 Å². The Bertz CT molecular complexity index is 1030. The first kappa shape index (κ1) is 15.8. The Kier molecular flexibility index (Phi) is 4.26. The predicted octanol–water partition coefficient (Wildman–Crippen LogP) is 3.36. The molecule has 0 aliphatic rings. The molecule has 1 aromatic carbocycles. The largest absolute Gasteiger partial charge is 0.381 e. The van der Waals surface area contributed by atoms with Crippen LogP contribution in [0.4, 0.5) is 23.1 Å². The highest BCUT2D eigenvalue weighted by Gasteiger charge is 2.06. The fourth-order valence-electron chi connectivity index (χ4n) is 2.59. The molecule has 4 aromatic rings. The summed E-state index contributed by atoms with van der Waals surface area (Å²) in [6.07, 6.45) is 6.81. The Labute approximate surface area is 150 Å². The molecule has 0 atom stereocenters. The zero-order valence-corrected chi connectivity index (χ0v) is 13.9. The van der Waals surface area contributed by atoms with Crippen LogP contribution in [0.2, 0.25) is 0 Å². The van der Waals surface area contributed by atoms with Crippen LogP contribution >= 0.6 is 0 Å². The SMILES string of the molecule is Nc1ncc(Nc2cccnc2)nc1NCc1ccc2ncccc2c1. The molecule has 0 aliphatic carbocycles. The van der Waals surface area contributed by atoms with Crippen molar-refractivity contribution < 1.29 is 0 Å². The number of nitrogen functional groups attached to an aromatic ring is 1. The number of fused-ring (bicyclic) bond motifs is 1. The standard InChI is InChI=1S/C19H17N7/c20-18-19(26-17(12-23-18)25-15-4-2-7-21-11-15)24-10-13-5-6-16-14(9-13)3-1-8-22-16/h1-9,11-12H,10H2,(H2,20,23)(H2,24,25,26). The first-order chi connectivity index (χ1) is 12.8. The highest BCUT2D eigenvalue weighted by molar-refractivity contribution is 5.79. The van der Waals surface area contributed by atoms with Gasteiger partial charge in [-0.3, -0.25) is 9.97 Å². The lowest BCUT2D eigenvalue weighted by atomic mass is 10.1. The summed E-state index contributed by atoms with van der Waals surface area (Å²) in [5, 5.41) is 7.49. The smallest absolute Gasteiger partial charge is 0.171 e. The molecule has 3 aromatic heterocycles. The predicted molar refractivity (Wildman–Crippen MR) is 103 cm³/mol. The van der Waals surface area contributed by atoms with Crippen molar-refractivity contribution in [2.45, 2.75) is 6.54 Å². The van der Waals surface area contributed by atoms with Crippen LogP contribution in [0.25, 0.3) is 10.9 Å². The highest BCUT2D eigenvalue weighted by atomic mass is 15.1. The Morgan fingerprint density at radius 1 is 0.962 bits per heavy atom. The number of nitrogens with one attached hydrogen (secondary N) is 2. The number of nitrogens with zero attached hydrogens (tertiary/aromatic N) is 4. The number of rotatable bonds is 5. The van der Waals surface area contributed by atoms with Gasteiger partial charge in [-0.05, 0) is 35.9 Å². The molecule has 7 nitrogen and oxygen atoms in total. The molecule has 0 fully saturated rings. The summed E-state index contributed by atoms with van der Waals surface area (Å²) in [6.45, 7) is 0.583. The Hall–Kier alpha value is -3.74. The van der Waals surface area contributed by atoms with Crippen LogP contribution in [0.3, 0.4) is 0 Å². The van der Waals surface area contributed by atoms with Crippen LogP contribution in [0.15, 0.2) is 67.3 Å². The molecule has 0 spiro atoms. The summed E-state index contributed by atoms with van der Waals surface area (Å²) in [5.74, 6) is 1.48. The van der Waals surface area contributed by atoms with E-state index >= 15 is 0 Å². The number of aromatic nitrogens is 4. The molecule has 0 saturated carbocycles. The zero-order valence-electron chi connectivity index (χ0n) is 13.9. The number of hydrogen-bond acceptors (Lipinski definition) is 7. The Morgan fingerprint density at radius 2 is 1.88 bits per heavy atom. The minimum Gasteiger partial charge on any atom is -0.381 e. The third-order valence-corrected chi connectivity index (χ3v) is 3.86. The summed E-state index contributed by atoms with van der Waals surface area (Å²) >= 11 is 0. The van der Waals surface area contributed by atoms with Crippen molar-refractivity contribution in [3.63, 3.8) is 0 Å². The molecule has 7 heteroatoms. The van der Waals surface area contributed by atoms with E-state index in [-0.39, 0.29) is 0 Å². The van der Waals surface area contributed by atoms with Crippen LogP contribution in [-0.2, 0) is 6.54 Å². The minimum atomic E-state index is 0.351. The molecule has 26 heavy (non-hydrogen) atoms. The topological polar surface area (TPSA) is 102 Å². The first-order valence-corrected chi connectivity index (χ1v) is 8.15. The number of hydrogen-bond donors (Lipinski definition) is 3. The van der Waals surface area contributed by atoms with Crippen LogP contribution < -0.4 is 16.4 Å². The van der Waals surface area contributed by atoms with E-state index in [1.165, 1.54) is 0 Å². The van der Waals surface area contributed by atoms with Crippen molar-refractivity contribution in [3.8, 4) is 0 Å². The van der Waals surface area contributed by atoms with Crippen LogP contribution in [0.5, 0.6) is 0 Å². The van der Waals surface area contributed by atoms with Gasteiger partial charge in [0, 0.05) is 24.3 Å². The van der Waals surface area contributed by atoms with E-state index in [0.29, 0.717) is 24.0 Å². The Balaban J connectivity index is 1.50. The average molecular weight is 343 g/mol. The van der Waals surface area contributed by atoms with Gasteiger partial charge in [-0.1, -0.05) is 12.1 Å². The normalized spacial score (nSPS) is 10.6. The van der Waals surface area contributed by atoms with Gasteiger partial charge in [0.05, 0.1) is 23.6 Å². The second-order valence-electron chi connectivity index (χ2n) is 5.74. The van der Waals surface area contributed by atoms with E-state index in [4.69, 9.17) is 5.73 Å². The van der Waals surface area contributed by atoms with Gasteiger partial charge in [0.1, 0.15) is 0 Å². The molecular formula is C19H17N7. The van der Waals surface area contributed by atoms with Crippen molar-refractivity contribution in [3.05, 3.63) is 72.8 Å². The molecule has 4 rings (SSSR count). The quantitative estimate of drug-likeness (QED) is 0.510. The summed E-state index contributed by atoms with van der Waals surface area (Å²) in [5.41, 5.74) is 8.86. The Morgan fingerprint density at radius 3 is 2.77 bits per heavy atom. The van der Waals surface area contributed by atoms with Gasteiger partial charge in [0.15, 0.2) is 17.5 Å². The second kappa shape index (κ2) is 7.02. The molecule has 0 unspecified atom stereocenters. The number of anilines is 4. The number of nitrogens with two attached hydrogens (primary N) is 1. The van der Waals surface area contributed by atoms with Crippen molar-refractivity contribution in [1.29, 1.82) is 0 Å². The minimum absolute atomic E-state index is 0.351. The molecule has 0 radical (unpaired) electrons. The van der Waals surface area contributed by atoms with Crippen molar-refractivity contribution in [2.75, 3.05) is 16.4 Å². The first-order valence-electron chi connectivity index (χ1n) is 8.15. The van der Waals surface area contributed by atoms with E-state index in [9.17, 15) is 0 Å². The monoisotopic (exact) mass is 343 g/mol. The summed E-state index contributed by atoms with van der Waals surface area (Å²) in [7, 11) is 0. The number of pyridine rings is 2. The molecule has 0 amide bonds. The highest BCUT2D eigenvalue weighted by Crippen LogP contribution is 2.20. The fraction of sp³-hybridized carbons (Fsp3) is 0.0526. The molecular weight excluding hydrogens is 326 g/mol. The lowest BCUT2D eigenvalue weighted by Crippen LogP contribution is -2.07. The van der Waals surface area contributed by atoms with Gasteiger partial charge >= 0.3 is 0 Å². The van der Waals surface area contributed by atoms with E-state index < -0.39 is 0 Å². The van der Waals surface area contributed by atoms with Gasteiger partial charge in [-0.25, -0.2) is 9.97 Å². The molecule has 4 N–H and O–H groups in total. The second-order valence-corrected chi connectivity index (χ2v) is 5.74. The van der Waals surface area contributed by atoms with E-state index in [1.54, 1.807) is 24.8 Å². The molecule has 128 valence electrons. The fourth-order valence-corrected chi connectivity index (χ4v) is 2.59. The molecule has 0 saturated heterocycles. The molecule has 0 aliphatic heterocycles. The van der Waals surface area contributed by atoms with Crippen molar-refractivity contribution in [1.82, 2.24) is 19.9 Å². The third-order valence-electron chi connectivity index (χ3n) is 3.86. The number of benzene rings is 1. The van der Waals surface area contributed by atoms with E-state index in [0.717, 1.165) is 22.2 Å². The van der Waals surface area contributed by atoms with Crippen molar-refractivity contribution >= 4 is 34.0 Å². The zero-order chi connectivity index (χ0) is 17.8. The van der Waals surface area contributed by atoms with Crippen LogP contribution in [0, 0.1) is 0 Å². The lowest BCUT2D eigenvalue weighted by Gasteiger charge is -2.11. The van der Waals surface area contributed by atoms with Gasteiger partial charge in [-0.15, -0.1) is 0 Å². The van der Waals surface area contributed by atoms with Crippen molar-refractivity contribution in [2.24, 2.45) is 0 Å². The van der Waals surface area contributed by atoms with Gasteiger partial charge < -0.3 is 16.4 Å². The van der Waals surface area contributed by atoms with Gasteiger partial charge in [-0.2, -0.15) is 0 Å². The summed E-state index contributed by atoms with van der Waals surface area (Å²) in [6, 6.07) is 13.8. The third kappa shape index (κ3) is 3.51. The maximum absolute atomic E-state index is 5.95. The van der Waals surface area contributed by atoms with Crippen LogP contribution in [-0.4, -0.2) is 19.9 Å². The maximum atomic E-state index is 5.95. The maximum Gasteiger partial charge on any atom is 0.171 e. The molecule has 3 heterocycles. The summed E-state index contributed by atoms with van der Waals surface area (Å²) in [4.78, 5) is 17.1. The lowest BCUT2D eigenvalue weighted by molar-refractivity contribution is 1.09. The summed E-state index contributed by atoms with van der Waals surface area (Å²) < 4.78 is 0. The average Bonchev–Trinajstić information content (AvgIpc) is 2.69. The van der Waals surface area contributed by atoms with Gasteiger partial charge in [0.2, 0.25) is 0 Å². The molecule has 0 bridgehead atoms.